The number of halogens is 3. The Labute approximate surface area is 247 Å². The van der Waals surface area contributed by atoms with Gasteiger partial charge in [-0.25, -0.2) is 19.7 Å². The van der Waals surface area contributed by atoms with Crippen molar-refractivity contribution < 1.29 is 35.1 Å². The first kappa shape index (κ1) is 30.9. The second-order valence-corrected chi connectivity index (χ2v) is 10.6. The number of urea groups is 1. The molecule has 4 rings (SSSR count). The summed E-state index contributed by atoms with van der Waals surface area (Å²) < 4.78 is 51.7. The van der Waals surface area contributed by atoms with Crippen molar-refractivity contribution >= 4 is 34.9 Å². The van der Waals surface area contributed by atoms with E-state index in [0.717, 1.165) is 42.6 Å². The van der Waals surface area contributed by atoms with Gasteiger partial charge in [0.05, 0.1) is 6.61 Å². The molecular formula is C28H35F3N6O4S. The highest BCUT2D eigenvalue weighted by atomic mass is 32.1. The maximum Gasteiger partial charge on any atom is 0.434 e. The summed E-state index contributed by atoms with van der Waals surface area (Å²) >= 11 is 0.797. The number of aromatic nitrogens is 3. The minimum atomic E-state index is -4.64. The van der Waals surface area contributed by atoms with Gasteiger partial charge in [0.15, 0.2) is 5.69 Å². The van der Waals surface area contributed by atoms with E-state index in [4.69, 9.17) is 9.47 Å². The number of anilines is 1. The summed E-state index contributed by atoms with van der Waals surface area (Å²) in [7, 11) is 2.06. The van der Waals surface area contributed by atoms with Crippen LogP contribution in [0, 0.1) is 5.92 Å². The van der Waals surface area contributed by atoms with Crippen molar-refractivity contribution in [3.05, 3.63) is 47.7 Å². The number of carbonyl (C=O) groups excluding carboxylic acids is 2. The van der Waals surface area contributed by atoms with E-state index in [1.54, 1.807) is 13.0 Å². The molecule has 1 aliphatic heterocycles. The van der Waals surface area contributed by atoms with Crippen molar-refractivity contribution in [1.82, 2.24) is 25.2 Å². The summed E-state index contributed by atoms with van der Waals surface area (Å²) in [5, 5.41) is 6.13. The number of hydrogen-bond donors (Lipinski definition) is 2. The summed E-state index contributed by atoms with van der Waals surface area (Å²) in [5.74, 6) is 0.0747. The number of amides is 2. The lowest BCUT2D eigenvalue weighted by Gasteiger charge is -2.28. The number of piperidine rings is 1. The van der Waals surface area contributed by atoms with Gasteiger partial charge in [-0.05, 0) is 58.0 Å². The highest BCUT2D eigenvalue weighted by Gasteiger charge is 2.34. The molecule has 10 nitrogen and oxygen atoms in total. The molecule has 1 saturated heterocycles. The molecule has 0 spiro atoms. The molecule has 0 saturated carbocycles. The zero-order valence-corrected chi connectivity index (χ0v) is 24.2. The molecule has 1 aliphatic rings. The lowest BCUT2D eigenvalue weighted by Crippen LogP contribution is -2.32. The van der Waals surface area contributed by atoms with Crippen LogP contribution in [0.3, 0.4) is 0 Å². The average molecular weight is 609 g/mol. The molecule has 0 bridgehead atoms. The van der Waals surface area contributed by atoms with Crippen LogP contribution in [0.4, 0.5) is 23.8 Å². The fourth-order valence-electron chi connectivity index (χ4n) is 4.33. The Hall–Kier alpha value is -4.04. The summed E-state index contributed by atoms with van der Waals surface area (Å²) in [6, 6.07) is 2.54. The fraction of sp³-hybridized carbons (Fsp3) is 0.393. The van der Waals surface area contributed by atoms with Crippen LogP contribution >= 0.6 is 11.3 Å². The first-order chi connectivity index (χ1) is 19.9. The first-order valence-electron chi connectivity index (χ1n) is 13.2. The van der Waals surface area contributed by atoms with Crippen molar-refractivity contribution in [3.8, 4) is 27.6 Å². The molecular weight excluding hydrogens is 573 g/mol. The highest BCUT2D eigenvalue weighted by Crippen LogP contribution is 2.41. The molecule has 2 N–H and O–H groups in total. The van der Waals surface area contributed by atoms with Gasteiger partial charge in [0.25, 0.3) is 0 Å². The topological polar surface area (TPSA) is 119 Å². The number of nitrogens with one attached hydrogen (secondary N) is 2. The third kappa shape index (κ3) is 7.82. The summed E-state index contributed by atoms with van der Waals surface area (Å²) in [6.07, 6.45) is 0.0972. The van der Waals surface area contributed by atoms with Crippen LogP contribution in [-0.2, 0) is 15.7 Å². The fourth-order valence-corrected chi connectivity index (χ4v) is 5.19. The van der Waals surface area contributed by atoms with E-state index in [1.807, 2.05) is 0 Å². The standard InChI is InChI=1S/C28H31F3N6O4S.2H2/c1-5-32-27(39)36-24-11-21(26-35-23(15-42-26)28(29,30)31)22(13-33-24)20-10-19(16(2)41-17(3)38)12-34-25(20)40-14-18-6-8-37(4)9-7-18;;/h10-13,15,18H,2,5-9,14H2,1,3-4H3,(H2,32,33,36,39);2*1H. The van der Waals surface area contributed by atoms with E-state index in [0.29, 0.717) is 35.8 Å². The van der Waals surface area contributed by atoms with Gasteiger partial charge in [-0.15, -0.1) is 11.3 Å². The Kier molecular flexibility index (Phi) is 9.78. The van der Waals surface area contributed by atoms with Crippen molar-refractivity contribution in [2.24, 2.45) is 5.92 Å². The van der Waals surface area contributed by atoms with E-state index in [-0.39, 0.29) is 30.9 Å². The maximum atomic E-state index is 13.5. The van der Waals surface area contributed by atoms with Gasteiger partial charge in [0.1, 0.15) is 16.6 Å². The second-order valence-electron chi connectivity index (χ2n) is 9.79. The molecule has 2 amide bonds. The summed E-state index contributed by atoms with van der Waals surface area (Å²) in [6.45, 7) is 9.40. The smallest absolute Gasteiger partial charge is 0.434 e. The number of likely N-dealkylation sites (tertiary alicyclic amines) is 1. The number of ether oxygens (including phenoxy) is 2. The monoisotopic (exact) mass is 608 g/mol. The Morgan fingerprint density at radius 3 is 2.55 bits per heavy atom. The number of thiazole rings is 1. The van der Waals surface area contributed by atoms with Gasteiger partial charge >= 0.3 is 18.2 Å². The van der Waals surface area contributed by atoms with Gasteiger partial charge in [-0.3, -0.25) is 10.1 Å². The van der Waals surface area contributed by atoms with E-state index in [2.05, 4.69) is 44.1 Å². The van der Waals surface area contributed by atoms with Crippen LogP contribution in [0.15, 0.2) is 36.5 Å². The minimum Gasteiger partial charge on any atom is -0.477 e. The highest BCUT2D eigenvalue weighted by molar-refractivity contribution is 7.13. The number of nitrogens with zero attached hydrogens (tertiary/aromatic N) is 4. The third-order valence-electron chi connectivity index (χ3n) is 6.53. The Balaban J connectivity index is 0.00000337. The molecule has 0 aliphatic carbocycles. The van der Waals surface area contributed by atoms with Crippen LogP contribution in [0.25, 0.3) is 27.5 Å². The normalized spacial score (nSPS) is 14.3. The molecule has 0 radical (unpaired) electrons. The van der Waals surface area contributed by atoms with Crippen LogP contribution in [-0.4, -0.2) is 65.1 Å². The molecule has 4 heterocycles. The van der Waals surface area contributed by atoms with Crippen molar-refractivity contribution in [1.29, 1.82) is 0 Å². The van der Waals surface area contributed by atoms with E-state index in [1.165, 1.54) is 25.4 Å². The molecule has 3 aromatic rings. The van der Waals surface area contributed by atoms with Gasteiger partial charge in [-0.2, -0.15) is 13.2 Å². The Bertz CT molecular complexity index is 1470. The van der Waals surface area contributed by atoms with E-state index < -0.39 is 23.9 Å². The average Bonchev–Trinajstić information content (AvgIpc) is 3.44. The Morgan fingerprint density at radius 2 is 1.90 bits per heavy atom. The SMILES string of the molecule is C=C(OC(C)=O)c1cnc(OCC2CCN(C)CC2)c(-c2cnc(NC(=O)NCC)cc2-c2nc(C(F)(F)F)cs2)c1.[HH].[HH]. The van der Waals surface area contributed by atoms with Gasteiger partial charge < -0.3 is 19.7 Å². The quantitative estimate of drug-likeness (QED) is 0.219. The molecule has 0 aromatic carbocycles. The molecule has 0 atom stereocenters. The lowest BCUT2D eigenvalue weighted by molar-refractivity contribution is -0.140. The van der Waals surface area contributed by atoms with Crippen molar-refractivity contribution in [2.45, 2.75) is 32.9 Å². The van der Waals surface area contributed by atoms with Crippen LogP contribution < -0.4 is 15.4 Å². The number of carbonyl (C=O) groups is 2. The minimum absolute atomic E-state index is 0. The van der Waals surface area contributed by atoms with Gasteiger partial charge in [0.2, 0.25) is 5.88 Å². The zero-order valence-electron chi connectivity index (χ0n) is 23.4. The predicted molar refractivity (Wildman–Crippen MR) is 157 cm³/mol. The third-order valence-corrected chi connectivity index (χ3v) is 7.41. The van der Waals surface area contributed by atoms with Crippen LogP contribution in [0.2, 0.25) is 0 Å². The number of pyridine rings is 2. The zero-order chi connectivity index (χ0) is 30.4. The molecule has 3 aromatic heterocycles. The largest absolute Gasteiger partial charge is 0.477 e. The van der Waals surface area contributed by atoms with Crippen LogP contribution in [0.1, 0.15) is 40.8 Å². The first-order valence-corrected chi connectivity index (χ1v) is 14.1. The van der Waals surface area contributed by atoms with E-state index in [9.17, 15) is 22.8 Å². The predicted octanol–water partition coefficient (Wildman–Crippen LogP) is 6.17. The van der Waals surface area contributed by atoms with E-state index >= 15 is 0 Å². The molecule has 14 heteroatoms. The Morgan fingerprint density at radius 1 is 1.17 bits per heavy atom. The molecule has 0 unspecified atom stereocenters. The second kappa shape index (κ2) is 13.3. The maximum absolute atomic E-state index is 13.5. The molecule has 1 fully saturated rings. The number of esters is 1. The lowest BCUT2D eigenvalue weighted by atomic mass is 9.98. The number of rotatable bonds is 9. The summed E-state index contributed by atoms with van der Waals surface area (Å²) in [4.78, 5) is 38.6. The molecule has 42 heavy (non-hydrogen) atoms. The van der Waals surface area contributed by atoms with Gasteiger partial charge in [0, 0.05) is 56.3 Å². The van der Waals surface area contributed by atoms with Gasteiger partial charge in [-0.1, -0.05) is 6.58 Å². The number of alkyl halides is 3. The number of hydrogen-bond acceptors (Lipinski definition) is 9. The van der Waals surface area contributed by atoms with Crippen molar-refractivity contribution in [2.75, 3.05) is 38.6 Å². The molecule has 228 valence electrons. The summed E-state index contributed by atoms with van der Waals surface area (Å²) in [5.41, 5.74) is 0.306. The van der Waals surface area contributed by atoms with Crippen molar-refractivity contribution in [3.63, 3.8) is 0 Å². The van der Waals surface area contributed by atoms with Crippen LogP contribution in [0.5, 0.6) is 5.88 Å².